The highest BCUT2D eigenvalue weighted by Gasteiger charge is 2.32. The second kappa shape index (κ2) is 4.69. The molecule has 0 saturated carbocycles. The molecule has 1 N–H and O–H groups in total. The maximum atomic E-state index is 12.8. The second-order valence-corrected chi connectivity index (χ2v) is 4.39. The van der Waals surface area contributed by atoms with Crippen LogP contribution in [0.4, 0.5) is 13.2 Å². The summed E-state index contributed by atoms with van der Waals surface area (Å²) in [4.78, 5) is 20.7. The van der Waals surface area contributed by atoms with Crippen LogP contribution in [-0.4, -0.2) is 15.0 Å². The minimum atomic E-state index is -4.64. The Kier molecular flexibility index (Phi) is 2.97. The van der Waals surface area contributed by atoms with Crippen LogP contribution in [0, 0.1) is 0 Å². The van der Waals surface area contributed by atoms with Crippen LogP contribution in [-0.2, 0) is 6.18 Å². The number of hydrogen-bond acceptors (Lipinski definition) is 3. The van der Waals surface area contributed by atoms with Gasteiger partial charge in [-0.3, -0.25) is 4.98 Å². The van der Waals surface area contributed by atoms with Crippen LogP contribution in [0.5, 0.6) is 0 Å². The Bertz CT molecular complexity index is 866. The molecule has 0 bridgehead atoms. The van der Waals surface area contributed by atoms with Gasteiger partial charge in [-0.25, -0.2) is 4.79 Å². The molecule has 0 aliphatic heterocycles. The molecule has 7 heteroatoms. The van der Waals surface area contributed by atoms with Crippen molar-refractivity contribution in [1.29, 1.82) is 0 Å². The van der Waals surface area contributed by atoms with Gasteiger partial charge < -0.3 is 4.98 Å². The van der Waals surface area contributed by atoms with Crippen LogP contribution >= 0.6 is 0 Å². The number of nitrogens with one attached hydrogen (secondary N) is 1. The van der Waals surface area contributed by atoms with Crippen LogP contribution in [0.3, 0.4) is 0 Å². The Morgan fingerprint density at radius 2 is 1.86 bits per heavy atom. The first-order valence-electron chi connectivity index (χ1n) is 5.97. The zero-order chi connectivity index (χ0) is 15.0. The van der Waals surface area contributed by atoms with E-state index in [1.165, 1.54) is 6.20 Å². The van der Waals surface area contributed by atoms with E-state index >= 15 is 0 Å². The predicted molar refractivity (Wildman–Crippen MR) is 70.6 cm³/mol. The van der Waals surface area contributed by atoms with E-state index in [-0.39, 0.29) is 5.69 Å². The van der Waals surface area contributed by atoms with Gasteiger partial charge in [0.2, 0.25) is 0 Å². The molecule has 0 unspecified atom stereocenters. The molecule has 1 aromatic carbocycles. The number of fused-ring (bicyclic) bond motifs is 1. The summed E-state index contributed by atoms with van der Waals surface area (Å²) in [5.74, 6) is 0. The molecule has 3 aromatic rings. The van der Waals surface area contributed by atoms with E-state index in [9.17, 15) is 18.0 Å². The standard InChI is InChI=1S/C14H8F3N3O/c15-14(16,17)12-5-11(19-13(21)20-12)10-7-18-6-8-3-1-2-4-9(8)10/h1-7H,(H,19,20,21). The summed E-state index contributed by atoms with van der Waals surface area (Å²) in [6, 6.07) is 7.88. The van der Waals surface area contributed by atoms with Crippen molar-refractivity contribution in [3.8, 4) is 11.3 Å². The summed E-state index contributed by atoms with van der Waals surface area (Å²) in [6.45, 7) is 0. The van der Waals surface area contributed by atoms with Gasteiger partial charge in [-0.1, -0.05) is 24.3 Å². The molecule has 0 saturated heterocycles. The van der Waals surface area contributed by atoms with Gasteiger partial charge in [-0.15, -0.1) is 0 Å². The fraction of sp³-hybridized carbons (Fsp3) is 0.0714. The van der Waals surface area contributed by atoms with E-state index in [2.05, 4.69) is 9.97 Å². The smallest absolute Gasteiger partial charge is 0.302 e. The van der Waals surface area contributed by atoms with Crippen molar-refractivity contribution in [2.24, 2.45) is 0 Å². The summed E-state index contributed by atoms with van der Waals surface area (Å²) < 4.78 is 38.3. The zero-order valence-corrected chi connectivity index (χ0v) is 10.5. The normalized spacial score (nSPS) is 11.8. The molecule has 0 amide bonds. The first-order chi connectivity index (χ1) is 9.95. The van der Waals surface area contributed by atoms with Crippen molar-refractivity contribution in [2.75, 3.05) is 0 Å². The largest absolute Gasteiger partial charge is 0.431 e. The fourth-order valence-electron chi connectivity index (χ4n) is 2.07. The molecular formula is C14H8F3N3O. The topological polar surface area (TPSA) is 58.6 Å². The van der Waals surface area contributed by atoms with Crippen LogP contribution < -0.4 is 5.69 Å². The zero-order valence-electron chi connectivity index (χ0n) is 10.5. The van der Waals surface area contributed by atoms with Crippen LogP contribution in [0.1, 0.15) is 5.69 Å². The summed E-state index contributed by atoms with van der Waals surface area (Å²) >= 11 is 0. The number of benzene rings is 1. The van der Waals surface area contributed by atoms with Crippen molar-refractivity contribution < 1.29 is 13.2 Å². The Morgan fingerprint density at radius 1 is 1.10 bits per heavy atom. The number of hydrogen-bond donors (Lipinski definition) is 1. The van der Waals surface area contributed by atoms with Gasteiger partial charge in [0.15, 0.2) is 0 Å². The maximum Gasteiger partial charge on any atom is 0.431 e. The van der Waals surface area contributed by atoms with Gasteiger partial charge in [-0.05, 0) is 11.5 Å². The summed E-state index contributed by atoms with van der Waals surface area (Å²) in [6.07, 6.45) is -1.66. The number of H-pyrrole nitrogens is 1. The molecule has 4 nitrogen and oxygen atoms in total. The highest BCUT2D eigenvalue weighted by Crippen LogP contribution is 2.31. The highest BCUT2D eigenvalue weighted by molar-refractivity contribution is 5.94. The molecule has 0 radical (unpaired) electrons. The molecule has 0 aliphatic carbocycles. The van der Waals surface area contributed by atoms with Crippen molar-refractivity contribution in [2.45, 2.75) is 6.18 Å². The van der Waals surface area contributed by atoms with E-state index in [0.29, 0.717) is 10.9 Å². The lowest BCUT2D eigenvalue weighted by molar-refractivity contribution is -0.141. The maximum absolute atomic E-state index is 12.8. The summed E-state index contributed by atoms with van der Waals surface area (Å²) in [7, 11) is 0. The lowest BCUT2D eigenvalue weighted by Crippen LogP contribution is -2.19. The number of aromatic amines is 1. The van der Waals surface area contributed by atoms with Crippen LogP contribution in [0.2, 0.25) is 0 Å². The molecule has 21 heavy (non-hydrogen) atoms. The fourth-order valence-corrected chi connectivity index (χ4v) is 2.07. The predicted octanol–water partition coefficient (Wildman–Crippen LogP) is 3.00. The Morgan fingerprint density at radius 3 is 2.62 bits per heavy atom. The number of halogens is 3. The third-order valence-corrected chi connectivity index (χ3v) is 2.99. The Labute approximate surface area is 116 Å². The monoisotopic (exact) mass is 291 g/mol. The molecule has 0 atom stereocenters. The molecule has 3 rings (SSSR count). The van der Waals surface area contributed by atoms with Crippen LogP contribution in [0.15, 0.2) is 47.5 Å². The number of nitrogens with zero attached hydrogens (tertiary/aromatic N) is 2. The minimum Gasteiger partial charge on any atom is -0.302 e. The summed E-state index contributed by atoms with van der Waals surface area (Å²) in [5, 5.41) is 1.43. The summed E-state index contributed by atoms with van der Waals surface area (Å²) in [5.41, 5.74) is -1.86. The second-order valence-electron chi connectivity index (χ2n) is 4.39. The average Bonchev–Trinajstić information content (AvgIpc) is 2.45. The lowest BCUT2D eigenvalue weighted by Gasteiger charge is -2.09. The third kappa shape index (κ3) is 2.49. The van der Waals surface area contributed by atoms with Crippen molar-refractivity contribution in [1.82, 2.24) is 15.0 Å². The van der Waals surface area contributed by atoms with Crippen molar-refractivity contribution >= 4 is 10.8 Å². The van der Waals surface area contributed by atoms with Crippen LogP contribution in [0.25, 0.3) is 22.0 Å². The van der Waals surface area contributed by atoms with E-state index in [1.807, 2.05) is 0 Å². The van der Waals surface area contributed by atoms with Gasteiger partial charge in [0, 0.05) is 23.3 Å². The molecule has 2 heterocycles. The Balaban J connectivity index is 2.29. The third-order valence-electron chi connectivity index (χ3n) is 2.99. The van der Waals surface area contributed by atoms with E-state index in [4.69, 9.17) is 0 Å². The van der Waals surface area contributed by atoms with Gasteiger partial charge in [-0.2, -0.15) is 18.2 Å². The molecular weight excluding hydrogens is 283 g/mol. The SMILES string of the molecule is O=c1nc(-c2cncc3ccccc23)cc(C(F)(F)F)[nH]1. The Hall–Kier alpha value is -2.70. The molecule has 0 aliphatic rings. The van der Waals surface area contributed by atoms with Crippen molar-refractivity contribution in [3.05, 3.63) is 58.9 Å². The highest BCUT2D eigenvalue weighted by atomic mass is 19.4. The number of alkyl halides is 3. The van der Waals surface area contributed by atoms with E-state index < -0.39 is 17.6 Å². The van der Waals surface area contributed by atoms with E-state index in [1.54, 1.807) is 35.4 Å². The molecule has 0 fully saturated rings. The first kappa shape index (κ1) is 13.3. The number of aromatic nitrogens is 3. The number of pyridine rings is 1. The van der Waals surface area contributed by atoms with Gasteiger partial charge in [0.25, 0.3) is 0 Å². The van der Waals surface area contributed by atoms with Gasteiger partial charge in [0.1, 0.15) is 5.69 Å². The molecule has 2 aromatic heterocycles. The quantitative estimate of drug-likeness (QED) is 0.749. The van der Waals surface area contributed by atoms with Gasteiger partial charge in [0.05, 0.1) is 5.69 Å². The average molecular weight is 291 g/mol. The molecule has 106 valence electrons. The molecule has 0 spiro atoms. The van der Waals surface area contributed by atoms with Crippen molar-refractivity contribution in [3.63, 3.8) is 0 Å². The van der Waals surface area contributed by atoms with E-state index in [0.717, 1.165) is 11.5 Å². The first-order valence-corrected chi connectivity index (χ1v) is 5.97. The minimum absolute atomic E-state index is 0.0598. The number of rotatable bonds is 1. The van der Waals surface area contributed by atoms with Gasteiger partial charge >= 0.3 is 11.9 Å². The lowest BCUT2D eigenvalue weighted by atomic mass is 10.0.